The molecule has 0 aromatic carbocycles. The number of carboxylic acids is 1. The summed E-state index contributed by atoms with van der Waals surface area (Å²) in [7, 11) is 0. The molecule has 1 fully saturated rings. The second kappa shape index (κ2) is 2.87. The zero-order valence-electron chi connectivity index (χ0n) is 8.57. The molecule has 0 aromatic rings. The van der Waals surface area contributed by atoms with Gasteiger partial charge in [-0.2, -0.15) is 0 Å². The number of aliphatic carboxylic acids is 1. The molecule has 1 aliphatic rings. The molecule has 1 unspecified atom stereocenters. The topological polar surface area (TPSA) is 77.8 Å². The Kier molecular flexibility index (Phi) is 2.21. The fraction of sp³-hybridized carbons (Fsp3) is 0.778. The smallest absolute Gasteiger partial charge is 0.408 e. The molecule has 0 saturated carbocycles. The summed E-state index contributed by atoms with van der Waals surface area (Å²) in [5.74, 6) is -1.08. The Labute approximate surface area is 82.3 Å². The van der Waals surface area contributed by atoms with E-state index < -0.39 is 23.0 Å². The van der Waals surface area contributed by atoms with Crippen molar-refractivity contribution in [3.63, 3.8) is 0 Å². The minimum Gasteiger partial charge on any atom is -0.479 e. The number of carboxylic acid groups (broad SMARTS) is 2. The van der Waals surface area contributed by atoms with E-state index in [-0.39, 0.29) is 6.54 Å². The summed E-state index contributed by atoms with van der Waals surface area (Å²) in [5.41, 5.74) is -1.85. The number of hydrogen-bond acceptors (Lipinski definition) is 2. The van der Waals surface area contributed by atoms with Crippen LogP contribution in [0.4, 0.5) is 4.79 Å². The van der Waals surface area contributed by atoms with Gasteiger partial charge in [0.15, 0.2) is 0 Å². The molecule has 2 N–H and O–H groups in total. The predicted octanol–water partition coefficient (Wildman–Crippen LogP) is 1.24. The number of rotatable bonds is 1. The molecule has 5 nitrogen and oxygen atoms in total. The third-order valence-corrected chi connectivity index (χ3v) is 3.47. The maximum Gasteiger partial charge on any atom is 0.408 e. The fourth-order valence-corrected chi connectivity index (χ4v) is 1.92. The first-order valence-corrected chi connectivity index (χ1v) is 4.47. The first kappa shape index (κ1) is 10.8. The van der Waals surface area contributed by atoms with Crippen LogP contribution in [-0.2, 0) is 4.79 Å². The number of carbonyl (C=O) groups is 2. The van der Waals surface area contributed by atoms with E-state index in [2.05, 4.69) is 0 Å². The second-order valence-electron chi connectivity index (χ2n) is 4.45. The number of hydrogen-bond donors (Lipinski definition) is 2. The van der Waals surface area contributed by atoms with Crippen molar-refractivity contribution in [3.8, 4) is 0 Å². The van der Waals surface area contributed by atoms with E-state index in [4.69, 9.17) is 10.2 Å². The molecule has 0 aromatic heterocycles. The quantitative estimate of drug-likeness (QED) is 0.669. The van der Waals surface area contributed by atoms with Gasteiger partial charge in [0, 0.05) is 12.0 Å². The third kappa shape index (κ3) is 1.15. The average Bonchev–Trinajstić information content (AvgIpc) is 2.24. The summed E-state index contributed by atoms with van der Waals surface area (Å²) in [6.45, 7) is 5.32. The number of nitrogens with zero attached hydrogens (tertiary/aromatic N) is 1. The first-order valence-electron chi connectivity index (χ1n) is 4.47. The lowest BCUT2D eigenvalue weighted by molar-refractivity contribution is -0.152. The van der Waals surface area contributed by atoms with Gasteiger partial charge in [0.05, 0.1) is 0 Å². The Balaban J connectivity index is 3.16. The molecule has 5 heteroatoms. The molecule has 80 valence electrons. The van der Waals surface area contributed by atoms with Crippen LogP contribution >= 0.6 is 0 Å². The van der Waals surface area contributed by atoms with Crippen LogP contribution in [0.15, 0.2) is 0 Å². The first-order chi connectivity index (χ1) is 6.23. The summed E-state index contributed by atoms with van der Waals surface area (Å²) in [6.07, 6.45) is -0.595. The van der Waals surface area contributed by atoms with Crippen molar-refractivity contribution in [3.05, 3.63) is 0 Å². The lowest BCUT2D eigenvalue weighted by Gasteiger charge is -2.38. The van der Waals surface area contributed by atoms with Gasteiger partial charge >= 0.3 is 12.1 Å². The highest BCUT2D eigenvalue weighted by atomic mass is 16.4. The van der Waals surface area contributed by atoms with E-state index in [1.54, 1.807) is 13.8 Å². The lowest BCUT2D eigenvalue weighted by atomic mass is 9.74. The van der Waals surface area contributed by atoms with Gasteiger partial charge < -0.3 is 10.2 Å². The summed E-state index contributed by atoms with van der Waals surface area (Å²) in [6, 6.07) is 0. The minimum absolute atomic E-state index is 0.283. The Hall–Kier alpha value is -1.26. The van der Waals surface area contributed by atoms with Crippen LogP contribution < -0.4 is 0 Å². The number of amides is 1. The molecule has 1 atom stereocenters. The van der Waals surface area contributed by atoms with Crippen LogP contribution in [-0.4, -0.2) is 39.3 Å². The average molecular weight is 201 g/mol. The summed E-state index contributed by atoms with van der Waals surface area (Å²) < 4.78 is 0. The standard InChI is InChI=1S/C9H15NO4/c1-8(2)4-5-10(7(13)14)9(8,3)6(11)12/h4-5H2,1-3H3,(H,11,12)(H,13,14). The molecule has 0 aliphatic carbocycles. The molecule has 1 aliphatic heterocycles. The Morgan fingerprint density at radius 1 is 1.21 bits per heavy atom. The maximum absolute atomic E-state index is 11.1. The van der Waals surface area contributed by atoms with Gasteiger partial charge in [-0.25, -0.2) is 9.59 Å². The van der Waals surface area contributed by atoms with Gasteiger partial charge in [0.1, 0.15) is 5.54 Å². The van der Waals surface area contributed by atoms with Crippen molar-refractivity contribution in [1.82, 2.24) is 4.90 Å². The zero-order valence-corrected chi connectivity index (χ0v) is 8.57. The van der Waals surface area contributed by atoms with E-state index in [0.717, 1.165) is 4.90 Å². The van der Waals surface area contributed by atoms with Crippen LogP contribution in [0.1, 0.15) is 27.2 Å². The van der Waals surface area contributed by atoms with Gasteiger partial charge in [-0.15, -0.1) is 0 Å². The zero-order chi connectivity index (χ0) is 11.1. The minimum atomic E-state index is -1.32. The molecule has 1 amide bonds. The van der Waals surface area contributed by atoms with Crippen LogP contribution in [0.5, 0.6) is 0 Å². The lowest BCUT2D eigenvalue weighted by Crippen LogP contribution is -2.57. The molecule has 14 heavy (non-hydrogen) atoms. The van der Waals surface area contributed by atoms with Crippen molar-refractivity contribution in [1.29, 1.82) is 0 Å². The molecule has 1 heterocycles. The summed E-state index contributed by atoms with van der Waals surface area (Å²) >= 11 is 0. The normalized spacial score (nSPS) is 30.4. The van der Waals surface area contributed by atoms with E-state index in [0.29, 0.717) is 6.42 Å². The second-order valence-corrected chi connectivity index (χ2v) is 4.45. The van der Waals surface area contributed by atoms with E-state index in [1.807, 2.05) is 0 Å². The molecule has 0 spiro atoms. The largest absolute Gasteiger partial charge is 0.479 e. The molecule has 0 bridgehead atoms. The van der Waals surface area contributed by atoms with Gasteiger partial charge in [0.25, 0.3) is 0 Å². The maximum atomic E-state index is 11.1. The molecular weight excluding hydrogens is 186 g/mol. The van der Waals surface area contributed by atoms with Crippen molar-refractivity contribution >= 4 is 12.1 Å². The molecular formula is C9H15NO4. The van der Waals surface area contributed by atoms with Gasteiger partial charge in [-0.1, -0.05) is 13.8 Å². The van der Waals surface area contributed by atoms with Gasteiger partial charge in [-0.3, -0.25) is 4.90 Å². The van der Waals surface area contributed by atoms with Crippen molar-refractivity contribution in [2.75, 3.05) is 6.54 Å². The van der Waals surface area contributed by atoms with E-state index in [1.165, 1.54) is 6.92 Å². The van der Waals surface area contributed by atoms with Gasteiger partial charge in [0.2, 0.25) is 0 Å². The highest BCUT2D eigenvalue weighted by molar-refractivity contribution is 5.85. The Morgan fingerprint density at radius 3 is 2.00 bits per heavy atom. The van der Waals surface area contributed by atoms with Crippen molar-refractivity contribution in [2.24, 2.45) is 5.41 Å². The third-order valence-electron chi connectivity index (χ3n) is 3.47. The molecule has 1 rings (SSSR count). The van der Waals surface area contributed by atoms with Crippen LogP contribution in [0.3, 0.4) is 0 Å². The summed E-state index contributed by atoms with van der Waals surface area (Å²) in [5, 5.41) is 18.0. The molecule has 0 radical (unpaired) electrons. The fourth-order valence-electron chi connectivity index (χ4n) is 1.92. The van der Waals surface area contributed by atoms with E-state index in [9.17, 15) is 9.59 Å². The highest BCUT2D eigenvalue weighted by Gasteiger charge is 2.58. The SMILES string of the molecule is CC1(C)CCN(C(=O)O)C1(C)C(=O)O. The monoisotopic (exact) mass is 201 g/mol. The Morgan fingerprint density at radius 2 is 1.71 bits per heavy atom. The van der Waals surface area contributed by atoms with Crippen LogP contribution in [0, 0.1) is 5.41 Å². The van der Waals surface area contributed by atoms with E-state index >= 15 is 0 Å². The van der Waals surface area contributed by atoms with Crippen LogP contribution in [0.2, 0.25) is 0 Å². The van der Waals surface area contributed by atoms with Crippen molar-refractivity contribution < 1.29 is 19.8 Å². The van der Waals surface area contributed by atoms with Crippen molar-refractivity contribution in [2.45, 2.75) is 32.7 Å². The van der Waals surface area contributed by atoms with Crippen LogP contribution in [0.25, 0.3) is 0 Å². The molecule has 1 saturated heterocycles. The van der Waals surface area contributed by atoms with Gasteiger partial charge in [-0.05, 0) is 13.3 Å². The Bertz CT molecular complexity index is 287. The number of likely N-dealkylation sites (tertiary alicyclic amines) is 1. The predicted molar refractivity (Wildman–Crippen MR) is 49.2 cm³/mol. The summed E-state index contributed by atoms with van der Waals surface area (Å²) in [4.78, 5) is 23.0. The highest BCUT2D eigenvalue weighted by Crippen LogP contribution is 2.45.